The molecule has 6 nitrogen and oxygen atoms in total. The van der Waals surface area contributed by atoms with Crippen LogP contribution in [0.3, 0.4) is 0 Å². The van der Waals surface area contributed by atoms with Crippen LogP contribution in [0, 0.1) is 0 Å². The summed E-state index contributed by atoms with van der Waals surface area (Å²) in [6.45, 7) is 3.80. The number of allylic oxidation sites excluding steroid dienone is 1. The van der Waals surface area contributed by atoms with Crippen LogP contribution in [-0.2, 0) is 9.53 Å². The van der Waals surface area contributed by atoms with Crippen LogP contribution in [0.1, 0.15) is 31.0 Å². The summed E-state index contributed by atoms with van der Waals surface area (Å²) in [6, 6.07) is 15.0. The smallest absolute Gasteiger partial charge is 0.338 e. The third-order valence-corrected chi connectivity index (χ3v) is 6.92. The zero-order valence-corrected chi connectivity index (χ0v) is 21.2. The minimum atomic E-state index is -0.608. The molecule has 2 heterocycles. The van der Waals surface area contributed by atoms with E-state index in [2.05, 4.69) is 20.9 Å². The summed E-state index contributed by atoms with van der Waals surface area (Å²) in [7, 11) is 3.93. The first-order valence-electron chi connectivity index (χ1n) is 10.5. The fraction of sp³-hybridized carbons (Fsp3) is 0.240. The van der Waals surface area contributed by atoms with Gasteiger partial charge in [0, 0.05) is 24.3 Å². The Morgan fingerprint density at radius 1 is 1.18 bits per heavy atom. The fourth-order valence-corrected chi connectivity index (χ4v) is 5.08. The second-order valence-electron chi connectivity index (χ2n) is 7.84. The quantitative estimate of drug-likeness (QED) is 0.477. The molecular weight excluding hydrogens is 502 g/mol. The number of hydrogen-bond donors (Lipinski definition) is 0. The lowest BCUT2D eigenvalue weighted by atomic mass is 9.95. The van der Waals surface area contributed by atoms with E-state index >= 15 is 0 Å². The number of anilines is 1. The molecule has 0 amide bonds. The van der Waals surface area contributed by atoms with E-state index in [1.54, 1.807) is 18.4 Å². The molecule has 0 radical (unpaired) electrons. The van der Waals surface area contributed by atoms with Gasteiger partial charge in [-0.2, -0.15) is 0 Å². The predicted octanol–water partition coefficient (Wildman–Crippen LogP) is 3.63. The van der Waals surface area contributed by atoms with Crippen molar-refractivity contribution in [1.82, 2.24) is 4.57 Å². The van der Waals surface area contributed by atoms with E-state index in [1.165, 1.54) is 11.3 Å². The van der Waals surface area contributed by atoms with Crippen molar-refractivity contribution in [3.63, 3.8) is 0 Å². The topological polar surface area (TPSA) is 63.9 Å². The van der Waals surface area contributed by atoms with Gasteiger partial charge in [0.2, 0.25) is 0 Å². The molecule has 8 heteroatoms. The summed E-state index contributed by atoms with van der Waals surface area (Å²) in [5.41, 5.74) is 3.53. The number of fused-ring (bicyclic) bond motifs is 1. The lowest BCUT2D eigenvalue weighted by Crippen LogP contribution is -2.39. The first kappa shape index (κ1) is 23.2. The number of carbonyl (C=O) groups is 1. The van der Waals surface area contributed by atoms with Crippen molar-refractivity contribution < 1.29 is 9.53 Å². The Kier molecular flexibility index (Phi) is 6.67. The highest BCUT2D eigenvalue weighted by atomic mass is 79.9. The maximum Gasteiger partial charge on any atom is 0.338 e. The molecule has 3 aromatic rings. The van der Waals surface area contributed by atoms with Gasteiger partial charge in [-0.15, -0.1) is 0 Å². The summed E-state index contributed by atoms with van der Waals surface area (Å²) in [6.07, 6.45) is 1.85. The summed E-state index contributed by atoms with van der Waals surface area (Å²) >= 11 is 4.75. The van der Waals surface area contributed by atoms with E-state index in [9.17, 15) is 9.59 Å². The van der Waals surface area contributed by atoms with E-state index in [0.717, 1.165) is 21.3 Å². The number of halogens is 1. The monoisotopic (exact) mass is 525 g/mol. The molecular formula is C25H24BrN3O3S. The zero-order chi connectivity index (χ0) is 23.7. The molecule has 0 unspecified atom stereocenters. The van der Waals surface area contributed by atoms with Crippen LogP contribution in [0.5, 0.6) is 0 Å². The molecule has 0 spiro atoms. The number of carbonyl (C=O) groups excluding carboxylic acids is 1. The predicted molar refractivity (Wildman–Crippen MR) is 135 cm³/mol. The van der Waals surface area contributed by atoms with Gasteiger partial charge in [-0.25, -0.2) is 9.79 Å². The molecule has 2 aromatic carbocycles. The van der Waals surface area contributed by atoms with Crippen molar-refractivity contribution in [2.75, 3.05) is 25.6 Å². The Balaban J connectivity index is 1.92. The van der Waals surface area contributed by atoms with Gasteiger partial charge in [0.05, 0.1) is 28.5 Å². The van der Waals surface area contributed by atoms with E-state index in [4.69, 9.17) is 4.74 Å². The number of rotatable bonds is 5. The molecule has 1 aliphatic rings. The van der Waals surface area contributed by atoms with Crippen molar-refractivity contribution >= 4 is 45.0 Å². The number of hydrogen-bond acceptors (Lipinski definition) is 6. The maximum atomic E-state index is 13.6. The summed E-state index contributed by atoms with van der Waals surface area (Å²) < 4.78 is 8.48. The molecule has 0 saturated carbocycles. The first-order valence-corrected chi connectivity index (χ1v) is 12.1. The minimum absolute atomic E-state index is 0.183. The Morgan fingerprint density at radius 2 is 1.85 bits per heavy atom. The van der Waals surface area contributed by atoms with E-state index in [0.29, 0.717) is 20.6 Å². The second kappa shape index (κ2) is 9.49. The molecule has 0 N–H and O–H groups in total. The van der Waals surface area contributed by atoms with Gasteiger partial charge in [0.25, 0.3) is 5.56 Å². The normalized spacial score (nSPS) is 15.8. The minimum Gasteiger partial charge on any atom is -0.463 e. The van der Waals surface area contributed by atoms with Crippen molar-refractivity contribution in [1.29, 1.82) is 0 Å². The number of nitrogens with zero attached hydrogens (tertiary/aromatic N) is 3. The van der Waals surface area contributed by atoms with Crippen molar-refractivity contribution in [2.45, 2.75) is 19.9 Å². The Bertz CT molecular complexity index is 1400. The van der Waals surface area contributed by atoms with Gasteiger partial charge in [0.1, 0.15) is 0 Å². The summed E-state index contributed by atoms with van der Waals surface area (Å²) in [5.74, 6) is -0.456. The lowest BCUT2D eigenvalue weighted by Gasteiger charge is -2.25. The highest BCUT2D eigenvalue weighted by Gasteiger charge is 2.33. The number of benzene rings is 2. The van der Waals surface area contributed by atoms with Crippen molar-refractivity contribution in [3.8, 4) is 0 Å². The molecule has 1 atom stereocenters. The first-order chi connectivity index (χ1) is 15.8. The third kappa shape index (κ3) is 4.58. The van der Waals surface area contributed by atoms with Crippen LogP contribution in [0.4, 0.5) is 5.69 Å². The molecule has 4 rings (SSSR count). The van der Waals surface area contributed by atoms with Crippen molar-refractivity contribution in [3.05, 3.63) is 95.1 Å². The van der Waals surface area contributed by atoms with Gasteiger partial charge < -0.3 is 9.64 Å². The highest BCUT2D eigenvalue weighted by molar-refractivity contribution is 9.10. The van der Waals surface area contributed by atoms with Crippen LogP contribution in [-0.4, -0.2) is 31.2 Å². The molecule has 1 aromatic heterocycles. The largest absolute Gasteiger partial charge is 0.463 e. The van der Waals surface area contributed by atoms with Crippen LogP contribution in [0.2, 0.25) is 0 Å². The van der Waals surface area contributed by atoms with Gasteiger partial charge >= 0.3 is 5.97 Å². The van der Waals surface area contributed by atoms with Gasteiger partial charge in [-0.3, -0.25) is 9.36 Å². The summed E-state index contributed by atoms with van der Waals surface area (Å²) in [5, 5.41) is 0. The fourth-order valence-electron chi connectivity index (χ4n) is 3.77. The zero-order valence-electron chi connectivity index (χ0n) is 18.8. The molecule has 0 bridgehead atoms. The molecule has 0 aliphatic carbocycles. The van der Waals surface area contributed by atoms with Gasteiger partial charge in [-0.05, 0) is 55.3 Å². The number of aromatic nitrogens is 1. The molecule has 0 fully saturated rings. The van der Waals surface area contributed by atoms with Crippen LogP contribution in [0.25, 0.3) is 6.08 Å². The standard InChI is InChI=1S/C25H24BrN3O3S/c1-5-32-24(31)21-15(2)27-25-29(22(21)17-8-12-19(13-9-17)28(3)4)23(30)20(33-25)14-16-6-10-18(26)11-7-16/h6-14,22H,5H2,1-4H3/b20-14-/t22-/m1/s1. The third-order valence-electron chi connectivity index (χ3n) is 5.41. The van der Waals surface area contributed by atoms with Gasteiger partial charge in [0.15, 0.2) is 4.80 Å². The van der Waals surface area contributed by atoms with Crippen LogP contribution in [0.15, 0.2) is 74.1 Å². The molecule has 1 aliphatic heterocycles. The van der Waals surface area contributed by atoms with Crippen molar-refractivity contribution in [2.24, 2.45) is 4.99 Å². The van der Waals surface area contributed by atoms with Crippen LogP contribution >= 0.6 is 27.3 Å². The van der Waals surface area contributed by atoms with E-state index in [-0.39, 0.29) is 12.2 Å². The number of ether oxygens (including phenoxy) is 1. The SMILES string of the molecule is CCOC(=O)C1=C(C)N=c2s/c(=C\c3ccc(Br)cc3)c(=O)n2[C@@H]1c1ccc(N(C)C)cc1. The van der Waals surface area contributed by atoms with Crippen LogP contribution < -0.4 is 19.8 Å². The number of thiazole rings is 1. The van der Waals surface area contributed by atoms with E-state index < -0.39 is 12.0 Å². The highest BCUT2D eigenvalue weighted by Crippen LogP contribution is 2.31. The average Bonchev–Trinajstić information content (AvgIpc) is 3.09. The Labute approximate surface area is 204 Å². The average molecular weight is 526 g/mol. The summed E-state index contributed by atoms with van der Waals surface area (Å²) in [4.78, 5) is 33.7. The molecule has 33 heavy (non-hydrogen) atoms. The Hall–Kier alpha value is -2.97. The Morgan fingerprint density at radius 3 is 2.45 bits per heavy atom. The second-order valence-corrected chi connectivity index (χ2v) is 9.76. The lowest BCUT2D eigenvalue weighted by molar-refractivity contribution is -0.139. The van der Waals surface area contributed by atoms with Gasteiger partial charge in [-0.1, -0.05) is 51.5 Å². The maximum absolute atomic E-state index is 13.6. The van der Waals surface area contributed by atoms with E-state index in [1.807, 2.05) is 73.6 Å². The molecule has 0 saturated heterocycles. The molecule has 170 valence electrons. The number of esters is 1.